The monoisotopic (exact) mass is 252 g/mol. The van der Waals surface area contributed by atoms with Gasteiger partial charge in [0.1, 0.15) is 10.6 Å². The zero-order chi connectivity index (χ0) is 12.5. The van der Waals surface area contributed by atoms with Crippen LogP contribution in [0.5, 0.6) is 0 Å². The predicted molar refractivity (Wildman–Crippen MR) is 71.7 cm³/mol. The van der Waals surface area contributed by atoms with Crippen molar-refractivity contribution in [3.63, 3.8) is 0 Å². The number of rotatable bonds is 4. The quantitative estimate of drug-likeness (QED) is 0.775. The third kappa shape index (κ3) is 2.83. The third-order valence-corrected chi connectivity index (χ3v) is 3.04. The minimum absolute atomic E-state index is 0.443. The first kappa shape index (κ1) is 12.1. The van der Waals surface area contributed by atoms with Gasteiger partial charge in [-0.3, -0.25) is 0 Å². The normalized spacial score (nSPS) is 11.8. The first-order valence-corrected chi connectivity index (χ1v) is 6.27. The average molecular weight is 252 g/mol. The van der Waals surface area contributed by atoms with Crippen LogP contribution in [0.25, 0.3) is 10.2 Å². The van der Waals surface area contributed by atoms with Gasteiger partial charge in [0.15, 0.2) is 0 Å². The van der Waals surface area contributed by atoms with Gasteiger partial charge in [-0.25, -0.2) is 4.98 Å². The first-order valence-electron chi connectivity index (χ1n) is 5.39. The summed E-state index contributed by atoms with van der Waals surface area (Å²) < 4.78 is 0. The van der Waals surface area contributed by atoms with Crippen LogP contribution in [0.3, 0.4) is 0 Å². The Kier molecular flexibility index (Phi) is 3.17. The van der Waals surface area contributed by atoms with E-state index in [4.69, 9.17) is 0 Å². The lowest BCUT2D eigenvalue weighted by molar-refractivity contribution is 0.0944. The molecule has 0 amide bonds. The second-order valence-electron chi connectivity index (χ2n) is 4.45. The van der Waals surface area contributed by atoms with Crippen molar-refractivity contribution >= 4 is 33.3 Å². The highest BCUT2D eigenvalue weighted by molar-refractivity contribution is 7.16. The minimum Gasteiger partial charge on any atom is -0.389 e. The van der Waals surface area contributed by atoms with E-state index in [9.17, 15) is 5.11 Å². The van der Waals surface area contributed by atoms with E-state index in [1.54, 1.807) is 32.2 Å². The Balaban J connectivity index is 2.34. The molecule has 0 bridgehead atoms. The maximum atomic E-state index is 9.71. The fourth-order valence-corrected chi connectivity index (χ4v) is 2.17. The summed E-state index contributed by atoms with van der Waals surface area (Å²) >= 11 is 1.57. The summed E-state index contributed by atoms with van der Waals surface area (Å²) in [6.07, 6.45) is 0. The second-order valence-corrected chi connectivity index (χ2v) is 5.35. The lowest BCUT2D eigenvalue weighted by Crippen LogP contribution is -2.29. The van der Waals surface area contributed by atoms with Gasteiger partial charge in [0.25, 0.3) is 0 Å². The molecule has 0 aliphatic rings. The molecular weight excluding hydrogens is 236 g/mol. The molecule has 0 saturated carbocycles. The van der Waals surface area contributed by atoms with E-state index in [2.05, 4.69) is 20.6 Å². The molecule has 0 atom stereocenters. The van der Waals surface area contributed by atoms with Crippen LogP contribution < -0.4 is 10.6 Å². The molecule has 0 aliphatic heterocycles. The molecule has 2 rings (SSSR count). The van der Waals surface area contributed by atoms with Crippen molar-refractivity contribution in [2.24, 2.45) is 0 Å². The van der Waals surface area contributed by atoms with E-state index < -0.39 is 5.60 Å². The summed E-state index contributed by atoms with van der Waals surface area (Å²) in [5.74, 6) is 1.33. The van der Waals surface area contributed by atoms with Gasteiger partial charge in [0.2, 0.25) is 5.95 Å². The number of anilines is 2. The van der Waals surface area contributed by atoms with Crippen molar-refractivity contribution in [2.45, 2.75) is 19.4 Å². The molecule has 0 aliphatic carbocycles. The molecule has 0 unspecified atom stereocenters. The van der Waals surface area contributed by atoms with E-state index in [0.29, 0.717) is 12.5 Å². The third-order valence-electron chi connectivity index (χ3n) is 2.24. The number of thiophene rings is 1. The van der Waals surface area contributed by atoms with E-state index in [-0.39, 0.29) is 0 Å². The number of hydrogen-bond donors (Lipinski definition) is 3. The van der Waals surface area contributed by atoms with Crippen molar-refractivity contribution in [3.05, 3.63) is 11.4 Å². The van der Waals surface area contributed by atoms with Gasteiger partial charge >= 0.3 is 0 Å². The van der Waals surface area contributed by atoms with Gasteiger partial charge in [-0.05, 0) is 25.3 Å². The number of hydrogen-bond acceptors (Lipinski definition) is 6. The molecule has 2 heterocycles. The van der Waals surface area contributed by atoms with Crippen LogP contribution in [-0.2, 0) is 0 Å². The summed E-state index contributed by atoms with van der Waals surface area (Å²) in [4.78, 5) is 9.64. The summed E-state index contributed by atoms with van der Waals surface area (Å²) in [6.45, 7) is 3.95. The molecule has 2 aromatic rings. The van der Waals surface area contributed by atoms with Crippen LogP contribution in [0.2, 0.25) is 0 Å². The summed E-state index contributed by atoms with van der Waals surface area (Å²) in [7, 11) is 1.79. The molecule has 0 radical (unpaired) electrons. The van der Waals surface area contributed by atoms with E-state index in [0.717, 1.165) is 16.0 Å². The fourth-order valence-electron chi connectivity index (χ4n) is 1.40. The Morgan fingerprint density at radius 2 is 2.18 bits per heavy atom. The Labute approximate surface area is 104 Å². The molecule has 3 N–H and O–H groups in total. The van der Waals surface area contributed by atoms with Crippen molar-refractivity contribution in [1.29, 1.82) is 0 Å². The largest absolute Gasteiger partial charge is 0.389 e. The topological polar surface area (TPSA) is 70.1 Å². The van der Waals surface area contributed by atoms with Crippen LogP contribution >= 0.6 is 11.3 Å². The maximum absolute atomic E-state index is 9.71. The molecule has 6 heteroatoms. The van der Waals surface area contributed by atoms with Crippen molar-refractivity contribution < 1.29 is 5.11 Å². The number of aliphatic hydroxyl groups is 1. The molecule has 92 valence electrons. The van der Waals surface area contributed by atoms with Crippen molar-refractivity contribution in [1.82, 2.24) is 9.97 Å². The van der Waals surface area contributed by atoms with Gasteiger partial charge in [0, 0.05) is 13.6 Å². The van der Waals surface area contributed by atoms with E-state index in [1.807, 2.05) is 11.4 Å². The van der Waals surface area contributed by atoms with Crippen LogP contribution in [0, 0.1) is 0 Å². The number of aromatic nitrogens is 2. The lowest BCUT2D eigenvalue weighted by atomic mass is 10.1. The summed E-state index contributed by atoms with van der Waals surface area (Å²) in [6, 6.07) is 1.98. The summed E-state index contributed by atoms with van der Waals surface area (Å²) in [5.41, 5.74) is -0.771. The molecule has 0 fully saturated rings. The highest BCUT2D eigenvalue weighted by atomic mass is 32.1. The summed E-state index contributed by atoms with van der Waals surface area (Å²) in [5, 5.41) is 18.8. The van der Waals surface area contributed by atoms with Crippen molar-refractivity contribution in [2.75, 3.05) is 24.2 Å². The zero-order valence-corrected chi connectivity index (χ0v) is 10.9. The number of nitrogens with zero attached hydrogens (tertiary/aromatic N) is 2. The lowest BCUT2D eigenvalue weighted by Gasteiger charge is -2.18. The Morgan fingerprint density at radius 3 is 2.82 bits per heavy atom. The molecule has 5 nitrogen and oxygen atoms in total. The molecule has 0 aromatic carbocycles. The van der Waals surface area contributed by atoms with Crippen LogP contribution in [0.1, 0.15) is 13.8 Å². The molecular formula is C11H16N4OS. The van der Waals surface area contributed by atoms with E-state index in [1.165, 1.54) is 0 Å². The fraction of sp³-hybridized carbons (Fsp3) is 0.455. The van der Waals surface area contributed by atoms with Gasteiger partial charge in [-0.1, -0.05) is 0 Å². The first-order chi connectivity index (χ1) is 7.99. The van der Waals surface area contributed by atoms with Crippen LogP contribution in [0.15, 0.2) is 11.4 Å². The Morgan fingerprint density at radius 1 is 1.41 bits per heavy atom. The smallest absolute Gasteiger partial charge is 0.225 e. The minimum atomic E-state index is -0.771. The van der Waals surface area contributed by atoms with Gasteiger partial charge in [-0.15, -0.1) is 11.3 Å². The van der Waals surface area contributed by atoms with Crippen LogP contribution in [-0.4, -0.2) is 34.3 Å². The van der Waals surface area contributed by atoms with Gasteiger partial charge < -0.3 is 15.7 Å². The van der Waals surface area contributed by atoms with E-state index >= 15 is 0 Å². The predicted octanol–water partition coefficient (Wildman–Crippen LogP) is 1.92. The average Bonchev–Trinajstić information content (AvgIpc) is 2.72. The maximum Gasteiger partial charge on any atom is 0.225 e. The molecule has 17 heavy (non-hydrogen) atoms. The zero-order valence-electron chi connectivity index (χ0n) is 10.1. The Bertz CT molecular complexity index is 518. The molecule has 2 aromatic heterocycles. The van der Waals surface area contributed by atoms with Gasteiger partial charge in [0.05, 0.1) is 11.0 Å². The standard InChI is InChI=1S/C11H16N4OS/c1-11(2,16)6-13-8-7-4-5-17-9(7)15-10(12-3)14-8/h4-5,16H,6H2,1-3H3,(H2,12,13,14,15). The highest BCUT2D eigenvalue weighted by Crippen LogP contribution is 2.26. The highest BCUT2D eigenvalue weighted by Gasteiger charge is 2.14. The van der Waals surface area contributed by atoms with Crippen molar-refractivity contribution in [3.8, 4) is 0 Å². The molecule has 0 spiro atoms. The number of nitrogens with one attached hydrogen (secondary N) is 2. The van der Waals surface area contributed by atoms with Crippen LogP contribution in [0.4, 0.5) is 11.8 Å². The number of fused-ring (bicyclic) bond motifs is 1. The molecule has 0 saturated heterocycles. The Hall–Kier alpha value is -1.40. The second kappa shape index (κ2) is 4.46. The SMILES string of the molecule is CNc1nc(NCC(C)(C)O)c2ccsc2n1. The van der Waals surface area contributed by atoms with Gasteiger partial charge in [-0.2, -0.15) is 4.98 Å².